The van der Waals surface area contributed by atoms with Crippen molar-refractivity contribution in [2.75, 3.05) is 5.73 Å². The van der Waals surface area contributed by atoms with Crippen LogP contribution in [0.1, 0.15) is 26.5 Å². The van der Waals surface area contributed by atoms with Gasteiger partial charge in [0.2, 0.25) is 5.95 Å². The average Bonchev–Trinajstić information content (AvgIpc) is 2.96. The van der Waals surface area contributed by atoms with Crippen molar-refractivity contribution in [1.82, 2.24) is 14.5 Å². The number of aromatic nitrogens is 3. The topological polar surface area (TPSA) is 109 Å². The first-order chi connectivity index (χ1) is 10.9. The van der Waals surface area contributed by atoms with Gasteiger partial charge in [0, 0.05) is 6.92 Å². The quantitative estimate of drug-likeness (QED) is 0.663. The molecule has 1 aliphatic heterocycles. The van der Waals surface area contributed by atoms with Gasteiger partial charge >= 0.3 is 10.8 Å². The first-order valence-electron chi connectivity index (χ1n) is 7.07. The first-order valence-corrected chi connectivity index (χ1v) is 7.89. The Balaban J connectivity index is 2.13. The lowest BCUT2D eigenvalue weighted by Crippen LogP contribution is -2.30. The molecule has 0 radical (unpaired) electrons. The Labute approximate surface area is 135 Å². The fraction of sp³-hybridized carbons (Fsp3) is 0.429. The highest BCUT2D eigenvalue weighted by molar-refractivity contribution is 7.16. The molecule has 8 nitrogen and oxygen atoms in total. The minimum absolute atomic E-state index is 0.0527. The maximum atomic E-state index is 12.4. The molecule has 0 unspecified atom stereocenters. The zero-order chi connectivity index (χ0) is 16.7. The molecular formula is C14H16N4O4S. The van der Waals surface area contributed by atoms with E-state index in [-0.39, 0.29) is 16.9 Å². The lowest BCUT2D eigenvalue weighted by atomic mass is 10.1. The van der Waals surface area contributed by atoms with E-state index in [9.17, 15) is 9.59 Å². The van der Waals surface area contributed by atoms with E-state index in [1.807, 2.05) is 6.92 Å². The zero-order valence-electron chi connectivity index (χ0n) is 12.7. The van der Waals surface area contributed by atoms with Crippen molar-refractivity contribution in [3.8, 4) is 0 Å². The third-order valence-electron chi connectivity index (χ3n) is 3.64. The van der Waals surface area contributed by atoms with Crippen molar-refractivity contribution in [2.24, 2.45) is 0 Å². The Hall–Kier alpha value is -2.26. The van der Waals surface area contributed by atoms with Gasteiger partial charge in [-0.15, -0.1) is 0 Å². The predicted molar refractivity (Wildman–Crippen MR) is 85.0 cm³/mol. The van der Waals surface area contributed by atoms with Gasteiger partial charge in [-0.1, -0.05) is 24.8 Å². The Morgan fingerprint density at radius 3 is 3.00 bits per heavy atom. The van der Waals surface area contributed by atoms with E-state index >= 15 is 0 Å². The molecule has 2 aromatic rings. The molecule has 122 valence electrons. The smallest absolute Gasteiger partial charge is 0.311 e. The van der Waals surface area contributed by atoms with Crippen molar-refractivity contribution < 1.29 is 14.3 Å². The van der Waals surface area contributed by atoms with Crippen LogP contribution in [0.4, 0.5) is 5.95 Å². The summed E-state index contributed by atoms with van der Waals surface area (Å²) >= 11 is 0.982. The molecular weight excluding hydrogens is 320 g/mol. The van der Waals surface area contributed by atoms with E-state index in [4.69, 9.17) is 15.2 Å². The number of esters is 1. The van der Waals surface area contributed by atoms with Gasteiger partial charge in [0.1, 0.15) is 0 Å². The molecule has 0 aromatic carbocycles. The number of carbonyl (C=O) groups is 1. The Morgan fingerprint density at radius 1 is 1.61 bits per heavy atom. The van der Waals surface area contributed by atoms with Gasteiger partial charge in [-0.05, 0) is 12.0 Å². The molecule has 3 heterocycles. The van der Waals surface area contributed by atoms with Crippen LogP contribution in [-0.2, 0) is 14.3 Å². The summed E-state index contributed by atoms with van der Waals surface area (Å²) in [4.78, 5) is 31.5. The van der Waals surface area contributed by atoms with Crippen molar-refractivity contribution in [3.63, 3.8) is 0 Å². The second kappa shape index (κ2) is 5.74. The molecule has 23 heavy (non-hydrogen) atoms. The summed E-state index contributed by atoms with van der Waals surface area (Å²) in [6.07, 6.45) is 0.282. The fourth-order valence-corrected chi connectivity index (χ4v) is 3.45. The summed E-state index contributed by atoms with van der Waals surface area (Å²) < 4.78 is 13.2. The lowest BCUT2D eigenvalue weighted by Gasteiger charge is -2.19. The van der Waals surface area contributed by atoms with Crippen LogP contribution in [-0.4, -0.2) is 32.7 Å². The molecule has 9 heteroatoms. The number of anilines is 1. The molecule has 0 bridgehead atoms. The third kappa shape index (κ3) is 2.62. The van der Waals surface area contributed by atoms with Gasteiger partial charge < -0.3 is 15.2 Å². The molecule has 0 spiro atoms. The maximum absolute atomic E-state index is 12.4. The Morgan fingerprint density at radius 2 is 2.35 bits per heavy atom. The number of rotatable bonds is 3. The highest BCUT2D eigenvalue weighted by Crippen LogP contribution is 2.37. The molecule has 0 aliphatic carbocycles. The largest absolute Gasteiger partial charge is 0.453 e. The number of thiazole rings is 1. The summed E-state index contributed by atoms with van der Waals surface area (Å²) in [7, 11) is 0. The lowest BCUT2D eigenvalue weighted by molar-refractivity contribution is -0.151. The molecule has 0 saturated carbocycles. The average molecular weight is 336 g/mol. The second-order valence-electron chi connectivity index (χ2n) is 5.18. The zero-order valence-corrected chi connectivity index (χ0v) is 13.5. The van der Waals surface area contributed by atoms with E-state index in [1.54, 1.807) is 0 Å². The monoisotopic (exact) mass is 336 g/mol. The van der Waals surface area contributed by atoms with Crippen molar-refractivity contribution in [2.45, 2.75) is 38.7 Å². The molecule has 3 atom stereocenters. The molecule has 0 amide bonds. The fourth-order valence-electron chi connectivity index (χ4n) is 2.63. The van der Waals surface area contributed by atoms with Crippen molar-refractivity contribution in [3.05, 3.63) is 28.0 Å². The van der Waals surface area contributed by atoms with Crippen LogP contribution in [0.5, 0.6) is 0 Å². The third-order valence-corrected chi connectivity index (χ3v) is 4.52. The number of hydrogen-bond donors (Lipinski definition) is 1. The first kappa shape index (κ1) is 15.6. The Kier molecular flexibility index (Phi) is 3.90. The summed E-state index contributed by atoms with van der Waals surface area (Å²) in [6, 6.07) is 0. The van der Waals surface area contributed by atoms with Crippen LogP contribution < -0.4 is 10.6 Å². The van der Waals surface area contributed by atoms with Gasteiger partial charge in [0.15, 0.2) is 18.0 Å². The van der Waals surface area contributed by atoms with Crippen LogP contribution in [0, 0.1) is 0 Å². The van der Waals surface area contributed by atoms with Gasteiger partial charge in [-0.3, -0.25) is 14.2 Å². The van der Waals surface area contributed by atoms with E-state index in [0.717, 1.165) is 11.3 Å². The van der Waals surface area contributed by atoms with Gasteiger partial charge in [-0.2, -0.15) is 4.98 Å². The minimum Gasteiger partial charge on any atom is -0.453 e. The van der Waals surface area contributed by atoms with Gasteiger partial charge in [0.25, 0.3) is 0 Å². The minimum atomic E-state index is -0.813. The number of ether oxygens (including phenoxy) is 2. The molecule has 1 fully saturated rings. The number of hydrogen-bond acceptors (Lipinski definition) is 8. The SMILES string of the molecule is C=C1[C@@H](OC(C)=O)[C@H](n2c(=O)sc3cnc(N)nc32)O[C@@H]1CC. The van der Waals surface area contributed by atoms with E-state index in [0.29, 0.717) is 22.3 Å². The van der Waals surface area contributed by atoms with Crippen LogP contribution in [0.2, 0.25) is 0 Å². The van der Waals surface area contributed by atoms with Crippen molar-refractivity contribution in [1.29, 1.82) is 0 Å². The molecule has 1 aliphatic rings. The maximum Gasteiger partial charge on any atom is 0.311 e. The van der Waals surface area contributed by atoms with E-state index < -0.39 is 18.3 Å². The number of nitrogen functional groups attached to an aromatic ring is 1. The van der Waals surface area contributed by atoms with Gasteiger partial charge in [0.05, 0.1) is 17.0 Å². The van der Waals surface area contributed by atoms with Crippen LogP contribution in [0.3, 0.4) is 0 Å². The predicted octanol–water partition coefficient (Wildman–Crippen LogP) is 1.23. The number of nitrogens with zero attached hydrogens (tertiary/aromatic N) is 3. The van der Waals surface area contributed by atoms with E-state index in [1.165, 1.54) is 17.7 Å². The highest BCUT2D eigenvalue weighted by atomic mass is 32.1. The molecule has 2 aromatic heterocycles. The molecule has 1 saturated heterocycles. The summed E-state index contributed by atoms with van der Waals surface area (Å²) in [5.41, 5.74) is 6.61. The summed E-state index contributed by atoms with van der Waals surface area (Å²) in [5, 5.41) is 0. The summed E-state index contributed by atoms with van der Waals surface area (Å²) in [5.74, 6) is -0.417. The molecule has 2 N–H and O–H groups in total. The number of carbonyl (C=O) groups excluding carboxylic acids is 1. The van der Waals surface area contributed by atoms with E-state index in [2.05, 4.69) is 16.5 Å². The van der Waals surface area contributed by atoms with Crippen molar-refractivity contribution >= 4 is 33.6 Å². The van der Waals surface area contributed by atoms with Gasteiger partial charge in [-0.25, -0.2) is 4.98 Å². The summed E-state index contributed by atoms with van der Waals surface area (Å²) in [6.45, 7) is 7.19. The molecule has 3 rings (SSSR count). The van der Waals surface area contributed by atoms with Crippen LogP contribution in [0.25, 0.3) is 10.3 Å². The normalized spacial score (nSPS) is 24.3. The number of fused-ring (bicyclic) bond motifs is 1. The van der Waals surface area contributed by atoms with Crippen LogP contribution >= 0.6 is 11.3 Å². The van der Waals surface area contributed by atoms with Crippen LogP contribution in [0.15, 0.2) is 23.1 Å². The Bertz CT molecular complexity index is 843. The number of nitrogens with two attached hydrogens (primary N) is 1. The standard InChI is InChI=1S/C14H16N4O4S/c1-4-8-6(2)10(21-7(3)19)12(22-8)18-11-9(23-14(18)20)5-16-13(15)17-11/h5,8,10,12H,2,4H2,1,3H3,(H2,15,16,17)/t8-,10-,12-/m1/s1. The second-order valence-corrected chi connectivity index (χ2v) is 6.18. The highest BCUT2D eigenvalue weighted by Gasteiger charge is 2.43.